The van der Waals surface area contributed by atoms with Crippen molar-refractivity contribution in [2.24, 2.45) is 0 Å². The van der Waals surface area contributed by atoms with Gasteiger partial charge in [0.15, 0.2) is 0 Å². The Morgan fingerprint density at radius 1 is 1.08 bits per heavy atom. The van der Waals surface area contributed by atoms with E-state index in [-0.39, 0.29) is 6.42 Å². The molecular formula is C19H24BFN2O3. The molecule has 1 fully saturated rings. The van der Waals surface area contributed by atoms with Crippen LogP contribution in [-0.2, 0) is 15.7 Å². The van der Waals surface area contributed by atoms with Gasteiger partial charge in [-0.1, -0.05) is 35.0 Å². The summed E-state index contributed by atoms with van der Waals surface area (Å²) in [6, 6.07) is 7.82. The molecule has 26 heavy (non-hydrogen) atoms. The molecule has 2 heterocycles. The highest BCUT2D eigenvalue weighted by Crippen LogP contribution is 2.39. The van der Waals surface area contributed by atoms with Gasteiger partial charge in [-0.15, -0.1) is 0 Å². The van der Waals surface area contributed by atoms with Crippen LogP contribution >= 0.6 is 0 Å². The lowest BCUT2D eigenvalue weighted by molar-refractivity contribution is 0.00578. The summed E-state index contributed by atoms with van der Waals surface area (Å²) in [5, 5.41) is 3.98. The zero-order valence-electron chi connectivity index (χ0n) is 16.1. The van der Waals surface area contributed by atoms with Crippen molar-refractivity contribution < 1.29 is 18.2 Å². The molecule has 0 N–H and O–H groups in total. The topological polar surface area (TPSA) is 57.4 Å². The third-order valence-corrected chi connectivity index (χ3v) is 5.06. The highest BCUT2D eigenvalue weighted by molar-refractivity contribution is 6.53. The zero-order valence-corrected chi connectivity index (χ0v) is 16.1. The Kier molecular flexibility index (Phi) is 4.79. The first-order chi connectivity index (χ1) is 12.1. The van der Waals surface area contributed by atoms with Crippen molar-refractivity contribution in [1.29, 1.82) is 0 Å². The van der Waals surface area contributed by atoms with E-state index in [1.807, 2.05) is 58.9 Å². The van der Waals surface area contributed by atoms with E-state index in [2.05, 4.69) is 10.1 Å². The standard InChI is InChI=1S/C19H24BFN2O3/c1-12-7-9-14(10-8-12)17-22-15(24-23-17)11-13(2)16(21)20-25-18(3,4)19(5,6)26-20/h7-10H,11H2,1-6H3. The van der Waals surface area contributed by atoms with E-state index >= 15 is 0 Å². The molecule has 0 radical (unpaired) electrons. The second-order valence-electron chi connectivity index (χ2n) is 7.77. The molecule has 5 nitrogen and oxygen atoms in total. The van der Waals surface area contributed by atoms with Gasteiger partial charge in [0.25, 0.3) is 0 Å². The summed E-state index contributed by atoms with van der Waals surface area (Å²) in [5.41, 5.74) is 0.845. The van der Waals surface area contributed by atoms with E-state index in [1.54, 1.807) is 6.92 Å². The van der Waals surface area contributed by atoms with Crippen LogP contribution in [0.4, 0.5) is 4.39 Å². The Hall–Kier alpha value is -1.99. The lowest BCUT2D eigenvalue weighted by Crippen LogP contribution is -2.41. The summed E-state index contributed by atoms with van der Waals surface area (Å²) in [6.45, 7) is 11.3. The fraction of sp³-hybridized carbons (Fsp3) is 0.474. The molecule has 7 heteroatoms. The van der Waals surface area contributed by atoms with Crippen molar-refractivity contribution in [2.45, 2.75) is 59.2 Å². The van der Waals surface area contributed by atoms with Crippen LogP contribution < -0.4 is 0 Å². The number of rotatable bonds is 4. The molecule has 0 aliphatic carbocycles. The van der Waals surface area contributed by atoms with Gasteiger partial charge in [-0.2, -0.15) is 4.98 Å². The number of benzene rings is 1. The van der Waals surface area contributed by atoms with Gasteiger partial charge in [-0.3, -0.25) is 0 Å². The summed E-state index contributed by atoms with van der Waals surface area (Å²) in [5.74, 6) is 0.841. The van der Waals surface area contributed by atoms with Gasteiger partial charge in [0.2, 0.25) is 11.7 Å². The van der Waals surface area contributed by atoms with E-state index in [0.29, 0.717) is 17.3 Å². The first kappa shape index (κ1) is 18.8. The quantitative estimate of drug-likeness (QED) is 0.755. The summed E-state index contributed by atoms with van der Waals surface area (Å²) >= 11 is 0. The predicted molar refractivity (Wildman–Crippen MR) is 98.1 cm³/mol. The van der Waals surface area contributed by atoms with Crippen LogP contribution in [0.2, 0.25) is 0 Å². The maximum atomic E-state index is 14.8. The van der Waals surface area contributed by atoms with Gasteiger partial charge in [0.1, 0.15) is 5.73 Å². The molecule has 0 atom stereocenters. The number of hydrogen-bond donors (Lipinski definition) is 0. The fourth-order valence-corrected chi connectivity index (χ4v) is 2.61. The van der Waals surface area contributed by atoms with Crippen molar-refractivity contribution in [2.75, 3.05) is 0 Å². The van der Waals surface area contributed by atoms with E-state index in [1.165, 1.54) is 0 Å². The van der Waals surface area contributed by atoms with Crippen molar-refractivity contribution >= 4 is 7.12 Å². The van der Waals surface area contributed by atoms with Crippen LogP contribution in [-0.4, -0.2) is 28.5 Å². The second-order valence-corrected chi connectivity index (χ2v) is 7.77. The van der Waals surface area contributed by atoms with Crippen LogP contribution in [0.1, 0.15) is 46.1 Å². The molecule has 2 aromatic rings. The number of nitrogens with zero attached hydrogens (tertiary/aromatic N) is 2. The molecule has 1 aromatic heterocycles. The first-order valence-electron chi connectivity index (χ1n) is 8.69. The third kappa shape index (κ3) is 3.59. The third-order valence-electron chi connectivity index (χ3n) is 5.06. The molecule has 0 spiro atoms. The van der Waals surface area contributed by atoms with Crippen LogP contribution in [0.15, 0.2) is 40.1 Å². The van der Waals surface area contributed by atoms with Gasteiger partial charge in [0, 0.05) is 12.0 Å². The Balaban J connectivity index is 1.74. The van der Waals surface area contributed by atoms with Crippen LogP contribution in [0.5, 0.6) is 0 Å². The maximum absolute atomic E-state index is 14.8. The maximum Gasteiger partial charge on any atom is 0.525 e. The second kappa shape index (κ2) is 6.63. The molecule has 1 aliphatic heterocycles. The smallest absolute Gasteiger partial charge is 0.398 e. The van der Waals surface area contributed by atoms with Gasteiger partial charge in [-0.05, 0) is 47.1 Å². The minimum absolute atomic E-state index is 0.203. The predicted octanol–water partition coefficient (Wildman–Crippen LogP) is 4.46. The van der Waals surface area contributed by atoms with E-state index < -0.39 is 24.0 Å². The van der Waals surface area contributed by atoms with E-state index in [0.717, 1.165) is 11.1 Å². The van der Waals surface area contributed by atoms with Gasteiger partial charge < -0.3 is 13.8 Å². The SMILES string of the molecule is CC(Cc1nc(-c2ccc(C)cc2)no1)=C(F)B1OC(C)(C)C(C)(C)O1. The minimum Gasteiger partial charge on any atom is -0.398 e. The molecule has 3 rings (SSSR count). The largest absolute Gasteiger partial charge is 0.525 e. The number of allylic oxidation sites excluding steroid dienone is 1. The van der Waals surface area contributed by atoms with Crippen LogP contribution in [0.25, 0.3) is 11.4 Å². The molecule has 0 saturated carbocycles. The van der Waals surface area contributed by atoms with Gasteiger partial charge >= 0.3 is 7.12 Å². The lowest BCUT2D eigenvalue weighted by atomic mass is 9.84. The average molecular weight is 358 g/mol. The highest BCUT2D eigenvalue weighted by Gasteiger charge is 2.53. The molecular weight excluding hydrogens is 334 g/mol. The molecule has 0 amide bonds. The van der Waals surface area contributed by atoms with E-state index in [9.17, 15) is 4.39 Å². The fourth-order valence-electron chi connectivity index (χ4n) is 2.61. The number of aromatic nitrogens is 2. The van der Waals surface area contributed by atoms with Gasteiger partial charge in [0.05, 0.1) is 11.2 Å². The van der Waals surface area contributed by atoms with E-state index in [4.69, 9.17) is 13.8 Å². The average Bonchev–Trinajstić information content (AvgIpc) is 3.09. The monoisotopic (exact) mass is 358 g/mol. The highest BCUT2D eigenvalue weighted by atomic mass is 19.1. The summed E-state index contributed by atoms with van der Waals surface area (Å²) in [4.78, 5) is 4.36. The lowest BCUT2D eigenvalue weighted by Gasteiger charge is -2.32. The first-order valence-corrected chi connectivity index (χ1v) is 8.69. The minimum atomic E-state index is -1.01. The molecule has 1 aliphatic rings. The molecule has 138 valence electrons. The van der Waals surface area contributed by atoms with Crippen molar-refractivity contribution in [3.8, 4) is 11.4 Å². The zero-order chi connectivity index (χ0) is 19.1. The Labute approximate surface area is 153 Å². The van der Waals surface area contributed by atoms with Crippen molar-refractivity contribution in [3.63, 3.8) is 0 Å². The molecule has 1 saturated heterocycles. The van der Waals surface area contributed by atoms with Crippen molar-refractivity contribution in [3.05, 3.63) is 47.0 Å². The Morgan fingerprint density at radius 3 is 2.23 bits per heavy atom. The normalized spacial score (nSPS) is 19.6. The Morgan fingerprint density at radius 2 is 1.65 bits per heavy atom. The number of aryl methyl sites for hydroxylation is 1. The molecule has 0 unspecified atom stereocenters. The van der Waals surface area contributed by atoms with Crippen LogP contribution in [0.3, 0.4) is 0 Å². The number of hydrogen-bond acceptors (Lipinski definition) is 5. The Bertz CT molecular complexity index is 812. The summed E-state index contributed by atoms with van der Waals surface area (Å²) in [6.07, 6.45) is 0.203. The molecule has 1 aromatic carbocycles. The van der Waals surface area contributed by atoms with Crippen molar-refractivity contribution in [1.82, 2.24) is 10.1 Å². The number of halogens is 1. The van der Waals surface area contributed by atoms with Crippen LogP contribution in [0, 0.1) is 6.92 Å². The van der Waals surface area contributed by atoms with Gasteiger partial charge in [-0.25, -0.2) is 4.39 Å². The summed E-state index contributed by atoms with van der Waals surface area (Å²) in [7, 11) is -1.01. The summed E-state index contributed by atoms with van der Waals surface area (Å²) < 4.78 is 31.6. The molecule has 0 bridgehead atoms.